The van der Waals surface area contributed by atoms with Gasteiger partial charge in [0.2, 0.25) is 0 Å². The lowest BCUT2D eigenvalue weighted by atomic mass is 9.80. The first kappa shape index (κ1) is 40.1. The van der Waals surface area contributed by atoms with Crippen LogP contribution in [0.4, 0.5) is 0 Å². The summed E-state index contributed by atoms with van der Waals surface area (Å²) in [5, 5.41) is 4.75. The zero-order chi connectivity index (χ0) is 45.7. The monoisotopic (exact) mass is 868 g/mol. The van der Waals surface area contributed by atoms with Crippen LogP contribution in [0.1, 0.15) is 49.9 Å². The first-order valence-electron chi connectivity index (χ1n) is 23.8. The Hall–Kier alpha value is -8.20. The predicted molar refractivity (Wildman–Crippen MR) is 285 cm³/mol. The second-order valence-corrected chi connectivity index (χ2v) is 19.8. The van der Waals surface area contributed by atoms with E-state index in [9.17, 15) is 0 Å². The third-order valence-corrected chi connectivity index (χ3v) is 15.2. The SMILES string of the molecule is CC1(C)c2cc(-c3ccc(-c4ccc5c(c4)C(C)(C)c4cc(-c6cccc(-c7nccc8ccccc78)c6)ccc4-5)cc3)ccc2-c2ccc(-c3cccc(-c4nccc5ccccc45)c3)cc21. The highest BCUT2D eigenvalue weighted by atomic mass is 14.7. The second kappa shape index (κ2) is 15.2. The second-order valence-electron chi connectivity index (χ2n) is 19.8. The summed E-state index contributed by atoms with van der Waals surface area (Å²) in [6, 6.07) is 76.2. The molecule has 0 saturated carbocycles. The highest BCUT2D eigenvalue weighted by Gasteiger charge is 2.37. The van der Waals surface area contributed by atoms with Gasteiger partial charge in [0.25, 0.3) is 0 Å². The summed E-state index contributed by atoms with van der Waals surface area (Å²) in [6.45, 7) is 9.51. The molecule has 0 N–H and O–H groups in total. The van der Waals surface area contributed by atoms with E-state index in [0.29, 0.717) is 0 Å². The average Bonchev–Trinajstić information content (AvgIpc) is 3.76. The highest BCUT2D eigenvalue weighted by Crippen LogP contribution is 2.52. The molecule has 2 aliphatic carbocycles. The molecule has 2 nitrogen and oxygen atoms in total. The van der Waals surface area contributed by atoms with Crippen molar-refractivity contribution >= 4 is 21.5 Å². The number of rotatable bonds is 6. The van der Waals surface area contributed by atoms with Crippen LogP contribution in [0, 0.1) is 0 Å². The number of hydrogen-bond donors (Lipinski definition) is 0. The minimum absolute atomic E-state index is 0.153. The summed E-state index contributed by atoms with van der Waals surface area (Å²) in [7, 11) is 0. The first-order valence-corrected chi connectivity index (χ1v) is 23.8. The normalized spacial score (nSPS) is 13.8. The minimum atomic E-state index is -0.153. The van der Waals surface area contributed by atoms with Gasteiger partial charge >= 0.3 is 0 Å². The molecule has 13 rings (SSSR count). The van der Waals surface area contributed by atoms with Crippen molar-refractivity contribution < 1.29 is 0 Å². The number of benzene rings is 9. The van der Waals surface area contributed by atoms with Crippen molar-refractivity contribution in [1.82, 2.24) is 9.97 Å². The Labute approximate surface area is 398 Å². The van der Waals surface area contributed by atoms with E-state index in [2.05, 4.69) is 234 Å². The minimum Gasteiger partial charge on any atom is -0.256 e. The maximum Gasteiger partial charge on any atom is 0.0780 e. The van der Waals surface area contributed by atoms with Crippen LogP contribution in [0.15, 0.2) is 219 Å². The summed E-state index contributed by atoms with van der Waals surface area (Å²) in [5.74, 6) is 0. The molecular weight excluding hydrogens is 821 g/mol. The van der Waals surface area contributed by atoms with Gasteiger partial charge < -0.3 is 0 Å². The van der Waals surface area contributed by atoms with E-state index in [0.717, 1.165) is 22.5 Å². The molecule has 9 aromatic carbocycles. The van der Waals surface area contributed by atoms with Crippen molar-refractivity contribution in [2.24, 2.45) is 0 Å². The lowest BCUT2D eigenvalue weighted by Crippen LogP contribution is -2.15. The summed E-state index contributed by atoms with van der Waals surface area (Å²) in [4.78, 5) is 9.64. The van der Waals surface area contributed by atoms with Crippen LogP contribution in [0.25, 0.3) is 111 Å². The van der Waals surface area contributed by atoms with Crippen LogP contribution in [-0.4, -0.2) is 9.97 Å². The van der Waals surface area contributed by atoms with Crippen molar-refractivity contribution in [2.45, 2.75) is 38.5 Å². The molecule has 0 atom stereocenters. The van der Waals surface area contributed by atoms with E-state index < -0.39 is 0 Å². The van der Waals surface area contributed by atoms with Crippen LogP contribution >= 0.6 is 0 Å². The number of nitrogens with zero attached hydrogens (tertiary/aromatic N) is 2. The number of pyridine rings is 2. The van der Waals surface area contributed by atoms with E-state index in [1.807, 2.05) is 12.4 Å². The number of hydrogen-bond acceptors (Lipinski definition) is 2. The van der Waals surface area contributed by atoms with Crippen molar-refractivity contribution in [3.8, 4) is 89.3 Å². The molecule has 2 heterocycles. The van der Waals surface area contributed by atoms with Gasteiger partial charge in [-0.1, -0.05) is 185 Å². The number of fused-ring (bicyclic) bond motifs is 8. The summed E-state index contributed by atoms with van der Waals surface area (Å²) < 4.78 is 0. The van der Waals surface area contributed by atoms with Gasteiger partial charge in [0.1, 0.15) is 0 Å². The van der Waals surface area contributed by atoms with Crippen molar-refractivity contribution in [3.05, 3.63) is 241 Å². The predicted octanol–water partition coefficient (Wildman–Crippen LogP) is 17.4. The zero-order valence-electron chi connectivity index (χ0n) is 38.7. The third-order valence-electron chi connectivity index (χ3n) is 15.2. The lowest BCUT2D eigenvalue weighted by molar-refractivity contribution is 0.660. The van der Waals surface area contributed by atoms with Gasteiger partial charge in [-0.15, -0.1) is 0 Å². The Morgan fingerprint density at radius 3 is 0.956 bits per heavy atom. The summed E-state index contributed by atoms with van der Waals surface area (Å²) >= 11 is 0. The van der Waals surface area contributed by atoms with Gasteiger partial charge in [0.15, 0.2) is 0 Å². The van der Waals surface area contributed by atoms with Crippen molar-refractivity contribution in [1.29, 1.82) is 0 Å². The van der Waals surface area contributed by atoms with Gasteiger partial charge in [-0.2, -0.15) is 0 Å². The van der Waals surface area contributed by atoms with Crippen LogP contribution in [0.2, 0.25) is 0 Å². The average molecular weight is 869 g/mol. The Kier molecular flexibility index (Phi) is 8.95. The molecule has 0 spiro atoms. The van der Waals surface area contributed by atoms with Gasteiger partial charge in [-0.25, -0.2) is 0 Å². The van der Waals surface area contributed by atoms with Crippen LogP contribution in [0.5, 0.6) is 0 Å². The Bertz CT molecular complexity index is 3590. The topological polar surface area (TPSA) is 25.8 Å². The zero-order valence-corrected chi connectivity index (χ0v) is 38.7. The van der Waals surface area contributed by atoms with E-state index in [-0.39, 0.29) is 10.8 Å². The Morgan fingerprint density at radius 1 is 0.265 bits per heavy atom. The van der Waals surface area contributed by atoms with Gasteiger partial charge in [-0.3, -0.25) is 9.97 Å². The molecule has 0 unspecified atom stereocenters. The molecule has 0 saturated heterocycles. The molecule has 0 aliphatic heterocycles. The maximum atomic E-state index is 4.82. The molecule has 0 radical (unpaired) electrons. The quantitative estimate of drug-likeness (QED) is 0.166. The number of aromatic nitrogens is 2. The standard InChI is InChI=1S/C66H48N2/c1-65(2)59-37-47(23-27-55(59)57-29-25-49(39-61(57)65)45-13-9-15-51(35-45)63-53-17-7-5-11-43(53)31-33-67-63)41-19-21-42(22-20-41)48-24-28-56-58-30-26-50(40-62(58)66(3,4)60(56)38-48)46-14-10-16-52(36-46)64-54-18-8-6-12-44(54)32-34-68-64/h5-40H,1-4H3. The molecule has 0 amide bonds. The first-order chi connectivity index (χ1) is 33.2. The smallest absolute Gasteiger partial charge is 0.0780 e. The van der Waals surface area contributed by atoms with E-state index in [4.69, 9.17) is 9.97 Å². The van der Waals surface area contributed by atoms with Gasteiger partial charge in [0.05, 0.1) is 11.4 Å². The van der Waals surface area contributed by atoms with Crippen molar-refractivity contribution in [3.63, 3.8) is 0 Å². The van der Waals surface area contributed by atoms with E-state index >= 15 is 0 Å². The Balaban J connectivity index is 0.763. The lowest BCUT2D eigenvalue weighted by Gasteiger charge is -2.23. The molecule has 2 aromatic heterocycles. The van der Waals surface area contributed by atoms with E-state index in [1.54, 1.807) is 0 Å². The molecule has 2 heteroatoms. The van der Waals surface area contributed by atoms with Crippen LogP contribution in [-0.2, 0) is 10.8 Å². The van der Waals surface area contributed by atoms with Crippen molar-refractivity contribution in [2.75, 3.05) is 0 Å². The fraction of sp³-hybridized carbons (Fsp3) is 0.0909. The molecule has 0 bridgehead atoms. The fourth-order valence-corrected chi connectivity index (χ4v) is 11.4. The molecule has 0 fully saturated rings. The van der Waals surface area contributed by atoms with Crippen LogP contribution < -0.4 is 0 Å². The maximum absolute atomic E-state index is 4.82. The Morgan fingerprint density at radius 2 is 0.574 bits per heavy atom. The molecule has 11 aromatic rings. The molecule has 2 aliphatic rings. The molecular formula is C66H48N2. The van der Waals surface area contributed by atoms with E-state index in [1.165, 1.54) is 111 Å². The molecule has 322 valence electrons. The van der Waals surface area contributed by atoms with Gasteiger partial charge in [-0.05, 0) is 148 Å². The largest absolute Gasteiger partial charge is 0.256 e. The van der Waals surface area contributed by atoms with Gasteiger partial charge in [0, 0.05) is 45.1 Å². The third kappa shape index (κ3) is 6.32. The fourth-order valence-electron chi connectivity index (χ4n) is 11.4. The highest BCUT2D eigenvalue weighted by molar-refractivity contribution is 5.97. The molecule has 68 heavy (non-hydrogen) atoms. The summed E-state index contributed by atoms with van der Waals surface area (Å²) in [6.07, 6.45) is 3.83. The van der Waals surface area contributed by atoms with Crippen LogP contribution in [0.3, 0.4) is 0 Å². The summed E-state index contributed by atoms with van der Waals surface area (Å²) in [5.41, 5.74) is 24.6.